The number of ether oxygens (including phenoxy) is 1. The highest BCUT2D eigenvalue weighted by Gasteiger charge is 2.25. The van der Waals surface area contributed by atoms with Gasteiger partial charge in [0.1, 0.15) is 6.61 Å². The molecular formula is C19H22BrNO4S. The number of esters is 1. The van der Waals surface area contributed by atoms with Gasteiger partial charge in [-0.05, 0) is 42.3 Å². The van der Waals surface area contributed by atoms with Crippen molar-refractivity contribution in [3.8, 4) is 0 Å². The van der Waals surface area contributed by atoms with Crippen molar-refractivity contribution in [1.29, 1.82) is 0 Å². The van der Waals surface area contributed by atoms with E-state index in [-0.39, 0.29) is 17.1 Å². The van der Waals surface area contributed by atoms with Gasteiger partial charge in [-0.2, -0.15) is 4.31 Å². The molecule has 140 valence electrons. The van der Waals surface area contributed by atoms with Gasteiger partial charge in [0.05, 0.1) is 10.5 Å². The Morgan fingerprint density at radius 1 is 1.08 bits per heavy atom. The third-order valence-electron chi connectivity index (χ3n) is 4.03. The molecule has 0 bridgehead atoms. The van der Waals surface area contributed by atoms with Crippen LogP contribution in [0.25, 0.3) is 0 Å². The van der Waals surface area contributed by atoms with Gasteiger partial charge in [0, 0.05) is 17.6 Å². The Labute approximate surface area is 163 Å². The van der Waals surface area contributed by atoms with Crippen molar-refractivity contribution in [2.45, 2.75) is 32.3 Å². The van der Waals surface area contributed by atoms with Crippen LogP contribution in [0.3, 0.4) is 0 Å². The molecule has 0 spiro atoms. The lowest BCUT2D eigenvalue weighted by molar-refractivity contribution is 0.0472. The van der Waals surface area contributed by atoms with Crippen molar-refractivity contribution >= 4 is 31.9 Å². The van der Waals surface area contributed by atoms with Gasteiger partial charge in [0.15, 0.2) is 0 Å². The topological polar surface area (TPSA) is 63.7 Å². The number of hydrogen-bond acceptors (Lipinski definition) is 4. The highest BCUT2D eigenvalue weighted by molar-refractivity contribution is 9.10. The summed E-state index contributed by atoms with van der Waals surface area (Å²) in [5.41, 5.74) is 1.67. The van der Waals surface area contributed by atoms with E-state index in [1.54, 1.807) is 32.9 Å². The zero-order chi connectivity index (χ0) is 19.3. The maximum Gasteiger partial charge on any atom is 0.338 e. The van der Waals surface area contributed by atoms with Gasteiger partial charge in [-0.1, -0.05) is 48.0 Å². The Morgan fingerprint density at radius 3 is 2.27 bits per heavy atom. The zero-order valence-electron chi connectivity index (χ0n) is 15.0. The molecule has 0 aliphatic rings. The SMILES string of the molecule is CCN(CC)S(=O)(=O)c1cc(C(=O)OCc2ccc(Br)cc2)ccc1C. The van der Waals surface area contributed by atoms with E-state index in [1.165, 1.54) is 10.4 Å². The molecule has 0 aliphatic heterocycles. The van der Waals surface area contributed by atoms with E-state index >= 15 is 0 Å². The van der Waals surface area contributed by atoms with E-state index in [0.717, 1.165) is 10.0 Å². The molecule has 0 amide bonds. The largest absolute Gasteiger partial charge is 0.457 e. The molecule has 0 radical (unpaired) electrons. The van der Waals surface area contributed by atoms with Crippen LogP contribution in [0.5, 0.6) is 0 Å². The number of carbonyl (C=O) groups is 1. The summed E-state index contributed by atoms with van der Waals surface area (Å²) in [7, 11) is -3.64. The van der Waals surface area contributed by atoms with E-state index in [9.17, 15) is 13.2 Å². The van der Waals surface area contributed by atoms with Crippen LogP contribution < -0.4 is 0 Å². The van der Waals surface area contributed by atoms with Crippen LogP contribution in [0.1, 0.15) is 35.3 Å². The molecule has 2 aromatic carbocycles. The summed E-state index contributed by atoms with van der Waals surface area (Å²) >= 11 is 3.35. The fourth-order valence-electron chi connectivity index (χ4n) is 2.52. The summed E-state index contributed by atoms with van der Waals surface area (Å²) in [6.45, 7) is 6.15. The van der Waals surface area contributed by atoms with Gasteiger partial charge < -0.3 is 4.74 Å². The number of aryl methyl sites for hydroxylation is 1. The standard InChI is InChI=1S/C19H22BrNO4S/c1-4-21(5-2)26(23,24)18-12-16(9-6-14(18)3)19(22)25-13-15-7-10-17(20)11-8-15/h6-12H,4-5,13H2,1-3H3. The average Bonchev–Trinajstić information content (AvgIpc) is 2.62. The molecule has 26 heavy (non-hydrogen) atoms. The Kier molecular flexibility index (Phi) is 6.97. The van der Waals surface area contributed by atoms with Crippen LogP contribution in [-0.2, 0) is 21.4 Å². The predicted octanol–water partition coefficient (Wildman–Crippen LogP) is 4.15. The normalized spacial score (nSPS) is 11.6. The molecule has 2 rings (SSSR count). The maximum atomic E-state index is 12.8. The summed E-state index contributed by atoms with van der Waals surface area (Å²) in [4.78, 5) is 12.5. The lowest BCUT2D eigenvalue weighted by Crippen LogP contribution is -2.31. The van der Waals surface area contributed by atoms with Crippen LogP contribution >= 0.6 is 15.9 Å². The lowest BCUT2D eigenvalue weighted by Gasteiger charge is -2.20. The Bertz CT molecular complexity index is 875. The molecule has 2 aromatic rings. The number of rotatable bonds is 7. The third kappa shape index (κ3) is 4.72. The first-order valence-corrected chi connectivity index (χ1v) is 10.5. The van der Waals surface area contributed by atoms with Crippen molar-refractivity contribution < 1.29 is 17.9 Å². The number of benzene rings is 2. The average molecular weight is 440 g/mol. The number of hydrogen-bond donors (Lipinski definition) is 0. The van der Waals surface area contributed by atoms with Crippen molar-refractivity contribution in [1.82, 2.24) is 4.31 Å². The molecule has 0 fully saturated rings. The first-order chi connectivity index (χ1) is 12.3. The third-order valence-corrected chi connectivity index (χ3v) is 6.75. The predicted molar refractivity (Wildman–Crippen MR) is 105 cm³/mol. The molecular weight excluding hydrogens is 418 g/mol. The molecule has 0 saturated carbocycles. The van der Waals surface area contributed by atoms with Crippen molar-refractivity contribution in [2.75, 3.05) is 13.1 Å². The number of halogens is 1. The first-order valence-electron chi connectivity index (χ1n) is 8.32. The molecule has 0 unspecified atom stereocenters. The number of nitrogens with zero attached hydrogens (tertiary/aromatic N) is 1. The second kappa shape index (κ2) is 8.79. The van der Waals surface area contributed by atoms with E-state index in [0.29, 0.717) is 18.7 Å². The highest BCUT2D eigenvalue weighted by Crippen LogP contribution is 2.22. The minimum atomic E-state index is -3.64. The summed E-state index contributed by atoms with van der Waals surface area (Å²) in [5, 5.41) is 0. The van der Waals surface area contributed by atoms with Gasteiger partial charge >= 0.3 is 5.97 Å². The quantitative estimate of drug-likeness (QED) is 0.607. The van der Waals surface area contributed by atoms with Crippen LogP contribution in [0.2, 0.25) is 0 Å². The molecule has 5 nitrogen and oxygen atoms in total. The van der Waals surface area contributed by atoms with Crippen LogP contribution in [0, 0.1) is 6.92 Å². The number of carbonyl (C=O) groups excluding carboxylic acids is 1. The Balaban J connectivity index is 2.22. The van der Waals surface area contributed by atoms with Crippen LogP contribution in [0.15, 0.2) is 51.8 Å². The fourth-order valence-corrected chi connectivity index (χ4v) is 4.49. The van der Waals surface area contributed by atoms with Gasteiger partial charge in [-0.15, -0.1) is 0 Å². The summed E-state index contributed by atoms with van der Waals surface area (Å²) in [6.07, 6.45) is 0. The van der Waals surface area contributed by atoms with E-state index in [4.69, 9.17) is 4.74 Å². The van der Waals surface area contributed by atoms with Crippen LogP contribution in [-0.4, -0.2) is 31.8 Å². The molecule has 0 aliphatic carbocycles. The van der Waals surface area contributed by atoms with E-state index in [1.807, 2.05) is 24.3 Å². The first kappa shape index (κ1) is 20.6. The summed E-state index contributed by atoms with van der Waals surface area (Å²) in [6, 6.07) is 12.0. The molecule has 7 heteroatoms. The zero-order valence-corrected chi connectivity index (χ0v) is 17.4. The summed E-state index contributed by atoms with van der Waals surface area (Å²) < 4.78 is 33.2. The molecule has 0 heterocycles. The highest BCUT2D eigenvalue weighted by atomic mass is 79.9. The van der Waals surface area contributed by atoms with E-state index < -0.39 is 16.0 Å². The van der Waals surface area contributed by atoms with Crippen molar-refractivity contribution in [2.24, 2.45) is 0 Å². The fraction of sp³-hybridized carbons (Fsp3) is 0.316. The van der Waals surface area contributed by atoms with Gasteiger partial charge in [0.25, 0.3) is 0 Å². The van der Waals surface area contributed by atoms with Crippen molar-refractivity contribution in [3.05, 3.63) is 63.6 Å². The van der Waals surface area contributed by atoms with Crippen LogP contribution in [0.4, 0.5) is 0 Å². The minimum absolute atomic E-state index is 0.123. The molecule has 0 saturated heterocycles. The number of sulfonamides is 1. The second-order valence-corrected chi connectivity index (χ2v) is 8.59. The van der Waals surface area contributed by atoms with E-state index in [2.05, 4.69) is 15.9 Å². The molecule has 0 atom stereocenters. The van der Waals surface area contributed by atoms with Crippen molar-refractivity contribution in [3.63, 3.8) is 0 Å². The second-order valence-electron chi connectivity index (χ2n) is 5.77. The van der Waals surface area contributed by atoms with Gasteiger partial charge in [-0.25, -0.2) is 13.2 Å². The monoisotopic (exact) mass is 439 g/mol. The van der Waals surface area contributed by atoms with Gasteiger partial charge in [-0.3, -0.25) is 0 Å². The lowest BCUT2D eigenvalue weighted by atomic mass is 10.1. The Hall–Kier alpha value is -1.70. The smallest absolute Gasteiger partial charge is 0.338 e. The Morgan fingerprint density at radius 2 is 1.69 bits per heavy atom. The molecule has 0 aromatic heterocycles. The maximum absolute atomic E-state index is 12.8. The minimum Gasteiger partial charge on any atom is -0.457 e. The molecule has 0 N–H and O–H groups in total. The van der Waals surface area contributed by atoms with Gasteiger partial charge in [0.2, 0.25) is 10.0 Å². The summed E-state index contributed by atoms with van der Waals surface area (Å²) in [5.74, 6) is -0.552.